The number of fused-ring (bicyclic) bond motifs is 1. The molecular weight excluding hydrogens is 336 g/mol. The Kier molecular flexibility index (Phi) is 4.95. The second-order valence-electron chi connectivity index (χ2n) is 5.38. The summed E-state index contributed by atoms with van der Waals surface area (Å²) in [5.41, 5.74) is 6.75. The van der Waals surface area contributed by atoms with E-state index in [9.17, 15) is 9.59 Å². The number of primary amides is 1. The molecule has 3 rings (SSSR count). The first-order chi connectivity index (χ1) is 12.1. The van der Waals surface area contributed by atoms with Crippen LogP contribution >= 0.6 is 11.8 Å². The molecule has 2 aromatic carbocycles. The minimum atomic E-state index is -0.868. The highest BCUT2D eigenvalue weighted by Crippen LogP contribution is 2.33. The van der Waals surface area contributed by atoms with Gasteiger partial charge in [-0.05, 0) is 6.92 Å². The van der Waals surface area contributed by atoms with E-state index in [1.807, 2.05) is 54.6 Å². The molecule has 1 heterocycles. The van der Waals surface area contributed by atoms with Crippen molar-refractivity contribution in [3.05, 3.63) is 54.6 Å². The summed E-state index contributed by atoms with van der Waals surface area (Å²) in [7, 11) is 0. The van der Waals surface area contributed by atoms with Gasteiger partial charge in [0.15, 0.2) is 0 Å². The maximum atomic E-state index is 11.9. The Morgan fingerprint density at radius 1 is 1.00 bits per heavy atom. The molecule has 0 aliphatic heterocycles. The average Bonchev–Trinajstić information content (AvgIpc) is 2.62. The van der Waals surface area contributed by atoms with Crippen LogP contribution < -0.4 is 11.1 Å². The largest absolute Gasteiger partial charge is 0.351 e. The van der Waals surface area contributed by atoms with E-state index in [0.29, 0.717) is 5.03 Å². The number of nitrogens with zero attached hydrogens (tertiary/aromatic N) is 2. The van der Waals surface area contributed by atoms with E-state index in [0.717, 1.165) is 22.0 Å². The number of aromatic nitrogens is 2. The zero-order valence-electron chi connectivity index (χ0n) is 13.5. The Labute approximate surface area is 148 Å². The second-order valence-corrected chi connectivity index (χ2v) is 6.71. The molecule has 3 aromatic rings. The van der Waals surface area contributed by atoms with Crippen molar-refractivity contribution in [3.63, 3.8) is 0 Å². The van der Waals surface area contributed by atoms with Crippen molar-refractivity contribution in [1.29, 1.82) is 0 Å². The summed E-state index contributed by atoms with van der Waals surface area (Å²) in [6.45, 7) is 1.69. The minimum Gasteiger partial charge on any atom is -0.351 e. The molecule has 0 saturated heterocycles. The third-order valence-electron chi connectivity index (χ3n) is 3.60. The third-order valence-corrected chi connectivity index (χ3v) is 4.70. The van der Waals surface area contributed by atoms with Crippen LogP contribution in [0.4, 0.5) is 4.79 Å². The van der Waals surface area contributed by atoms with Gasteiger partial charge in [-0.15, -0.1) is 10.2 Å². The van der Waals surface area contributed by atoms with E-state index in [4.69, 9.17) is 5.73 Å². The van der Waals surface area contributed by atoms with E-state index in [1.54, 1.807) is 6.92 Å². The van der Waals surface area contributed by atoms with Crippen LogP contribution in [-0.2, 0) is 4.79 Å². The number of carbonyl (C=O) groups is 2. The van der Waals surface area contributed by atoms with Crippen molar-refractivity contribution >= 4 is 34.5 Å². The number of benzene rings is 2. The van der Waals surface area contributed by atoms with E-state index in [-0.39, 0.29) is 0 Å². The summed E-state index contributed by atoms with van der Waals surface area (Å²) >= 11 is 1.23. The first-order valence-electron chi connectivity index (χ1n) is 7.64. The number of amides is 3. The number of nitrogens with one attached hydrogen (secondary N) is 1. The molecule has 0 bridgehead atoms. The van der Waals surface area contributed by atoms with Crippen LogP contribution in [0, 0.1) is 0 Å². The Morgan fingerprint density at radius 3 is 2.32 bits per heavy atom. The standard InChI is InChI=1S/C18H16N4O2S/c1-11(16(23)20-18(19)24)25-17-14-10-6-5-9-13(14)15(21-22-17)12-7-3-2-4-8-12/h2-11H,1H3,(H3,19,20,23,24)/t11-/m1/s1. The molecule has 1 atom stereocenters. The highest BCUT2D eigenvalue weighted by molar-refractivity contribution is 8.00. The predicted molar refractivity (Wildman–Crippen MR) is 98.0 cm³/mol. The summed E-state index contributed by atoms with van der Waals surface area (Å²) in [6, 6.07) is 16.7. The molecule has 0 aliphatic rings. The summed E-state index contributed by atoms with van der Waals surface area (Å²) in [4.78, 5) is 22.7. The van der Waals surface area contributed by atoms with Crippen LogP contribution in [0.25, 0.3) is 22.0 Å². The average molecular weight is 352 g/mol. The zero-order chi connectivity index (χ0) is 17.8. The van der Waals surface area contributed by atoms with Gasteiger partial charge in [-0.2, -0.15) is 0 Å². The molecule has 25 heavy (non-hydrogen) atoms. The van der Waals surface area contributed by atoms with Gasteiger partial charge in [-0.1, -0.05) is 66.4 Å². The first-order valence-corrected chi connectivity index (χ1v) is 8.52. The zero-order valence-corrected chi connectivity index (χ0v) is 14.3. The summed E-state index contributed by atoms with van der Waals surface area (Å²) < 4.78 is 0. The SMILES string of the molecule is C[C@@H](Sc1nnc(-c2ccccc2)c2ccccc12)C(=O)NC(N)=O. The Hall–Kier alpha value is -2.93. The third kappa shape index (κ3) is 3.77. The van der Waals surface area contributed by atoms with Gasteiger partial charge in [-0.3, -0.25) is 10.1 Å². The number of hydrogen-bond acceptors (Lipinski definition) is 5. The van der Waals surface area contributed by atoms with E-state index >= 15 is 0 Å². The smallest absolute Gasteiger partial charge is 0.318 e. The number of imide groups is 1. The lowest BCUT2D eigenvalue weighted by molar-refractivity contribution is -0.119. The van der Waals surface area contributed by atoms with Gasteiger partial charge >= 0.3 is 6.03 Å². The molecular formula is C18H16N4O2S. The summed E-state index contributed by atoms with van der Waals surface area (Å²) in [5.74, 6) is -0.462. The Bertz CT molecular complexity index is 931. The van der Waals surface area contributed by atoms with Gasteiger partial charge in [0.05, 0.1) is 5.25 Å². The maximum Gasteiger partial charge on any atom is 0.318 e. The van der Waals surface area contributed by atoms with Crippen molar-refractivity contribution in [2.45, 2.75) is 17.2 Å². The van der Waals surface area contributed by atoms with Crippen molar-refractivity contribution in [1.82, 2.24) is 15.5 Å². The van der Waals surface area contributed by atoms with Crippen LogP contribution in [0.3, 0.4) is 0 Å². The van der Waals surface area contributed by atoms with Crippen molar-refractivity contribution in [2.24, 2.45) is 5.73 Å². The molecule has 0 unspecified atom stereocenters. The van der Waals surface area contributed by atoms with Crippen LogP contribution in [0.2, 0.25) is 0 Å². The van der Waals surface area contributed by atoms with Gasteiger partial charge < -0.3 is 5.73 Å². The predicted octanol–water partition coefficient (Wildman–Crippen LogP) is 2.97. The van der Waals surface area contributed by atoms with Gasteiger partial charge in [-0.25, -0.2) is 4.79 Å². The molecule has 0 aliphatic carbocycles. The number of rotatable bonds is 4. The van der Waals surface area contributed by atoms with Crippen LogP contribution in [0.5, 0.6) is 0 Å². The van der Waals surface area contributed by atoms with Crippen LogP contribution in [-0.4, -0.2) is 27.4 Å². The van der Waals surface area contributed by atoms with Gasteiger partial charge in [0, 0.05) is 16.3 Å². The molecule has 126 valence electrons. The molecule has 6 nitrogen and oxygen atoms in total. The fourth-order valence-electron chi connectivity index (χ4n) is 2.42. The first kappa shape index (κ1) is 16.9. The monoisotopic (exact) mass is 352 g/mol. The fraction of sp³-hybridized carbons (Fsp3) is 0.111. The Morgan fingerprint density at radius 2 is 1.64 bits per heavy atom. The number of carbonyl (C=O) groups excluding carboxylic acids is 2. The lowest BCUT2D eigenvalue weighted by atomic mass is 10.1. The topological polar surface area (TPSA) is 98.0 Å². The molecule has 3 amide bonds. The minimum absolute atomic E-state index is 0.462. The lowest BCUT2D eigenvalue weighted by Crippen LogP contribution is -2.39. The van der Waals surface area contributed by atoms with Gasteiger partial charge in [0.1, 0.15) is 10.7 Å². The van der Waals surface area contributed by atoms with Crippen molar-refractivity contribution < 1.29 is 9.59 Å². The molecule has 3 N–H and O–H groups in total. The molecule has 0 saturated carbocycles. The van der Waals surface area contributed by atoms with Crippen LogP contribution in [0.1, 0.15) is 6.92 Å². The fourth-order valence-corrected chi connectivity index (χ4v) is 3.31. The highest BCUT2D eigenvalue weighted by atomic mass is 32.2. The number of hydrogen-bond donors (Lipinski definition) is 2. The lowest BCUT2D eigenvalue weighted by Gasteiger charge is -2.12. The molecule has 1 aromatic heterocycles. The van der Waals surface area contributed by atoms with E-state index in [2.05, 4.69) is 15.5 Å². The molecule has 0 spiro atoms. The van der Waals surface area contributed by atoms with Crippen molar-refractivity contribution in [3.8, 4) is 11.3 Å². The summed E-state index contributed by atoms with van der Waals surface area (Å²) in [5, 5.41) is 12.7. The van der Waals surface area contributed by atoms with E-state index in [1.165, 1.54) is 11.8 Å². The van der Waals surface area contributed by atoms with Crippen molar-refractivity contribution in [2.75, 3.05) is 0 Å². The second kappa shape index (κ2) is 7.31. The van der Waals surface area contributed by atoms with Crippen LogP contribution in [0.15, 0.2) is 59.6 Å². The maximum absolute atomic E-state index is 11.9. The quantitative estimate of drug-likeness (QED) is 0.704. The highest BCUT2D eigenvalue weighted by Gasteiger charge is 2.19. The summed E-state index contributed by atoms with van der Waals surface area (Å²) in [6.07, 6.45) is 0. The van der Waals surface area contributed by atoms with Gasteiger partial charge in [0.25, 0.3) is 0 Å². The molecule has 7 heteroatoms. The van der Waals surface area contributed by atoms with E-state index < -0.39 is 17.2 Å². The number of thioether (sulfide) groups is 1. The number of urea groups is 1. The molecule has 0 radical (unpaired) electrons. The Balaban J connectivity index is 1.99. The van der Waals surface area contributed by atoms with Gasteiger partial charge in [0.2, 0.25) is 5.91 Å². The normalized spacial score (nSPS) is 11.9. The molecule has 0 fully saturated rings. The number of nitrogens with two attached hydrogens (primary N) is 1.